The van der Waals surface area contributed by atoms with Gasteiger partial charge in [-0.2, -0.15) is 0 Å². The molecule has 1 unspecified atom stereocenters. The highest BCUT2D eigenvalue weighted by atomic mass is 35.5. The van der Waals surface area contributed by atoms with Crippen LogP contribution in [0.1, 0.15) is 17.9 Å². The van der Waals surface area contributed by atoms with Crippen molar-refractivity contribution in [2.24, 2.45) is 5.73 Å². The lowest BCUT2D eigenvalue weighted by Crippen LogP contribution is -2.26. The molecule has 0 aromatic heterocycles. The lowest BCUT2D eigenvalue weighted by atomic mass is 9.95. The van der Waals surface area contributed by atoms with E-state index in [0.717, 1.165) is 21.9 Å². The number of benzene rings is 2. The Labute approximate surface area is 146 Å². The number of nitrogens with two attached hydrogens (primary N) is 1. The van der Waals surface area contributed by atoms with E-state index in [1.165, 1.54) is 0 Å². The molecule has 1 atom stereocenters. The second-order valence-electron chi connectivity index (χ2n) is 5.64. The van der Waals surface area contributed by atoms with Crippen LogP contribution in [0.5, 0.6) is 0 Å². The van der Waals surface area contributed by atoms with Crippen molar-refractivity contribution in [3.8, 4) is 0 Å². The molecular weight excluding hydrogens is 328 g/mol. The number of rotatable bonds is 7. The topological polar surface area (TPSA) is 46.3 Å². The number of carbonyl (C=O) groups excluding carboxylic acids is 1. The predicted molar refractivity (Wildman–Crippen MR) is 97.1 cm³/mol. The van der Waals surface area contributed by atoms with Crippen molar-refractivity contribution in [3.63, 3.8) is 0 Å². The van der Waals surface area contributed by atoms with Crippen molar-refractivity contribution < 1.29 is 4.79 Å². The maximum absolute atomic E-state index is 11.9. The highest BCUT2D eigenvalue weighted by Crippen LogP contribution is 2.35. The number of carbonyl (C=O) groups is 1. The molecule has 0 spiro atoms. The third-order valence-electron chi connectivity index (χ3n) is 3.54. The maximum atomic E-state index is 11.9. The molecular formula is C18H21ClN2OS. The smallest absolute Gasteiger partial charge is 0.225 e. The fourth-order valence-corrected chi connectivity index (χ4v) is 3.46. The van der Waals surface area contributed by atoms with Crippen molar-refractivity contribution in [1.29, 1.82) is 0 Å². The SMILES string of the molecule is CN(C)CCC(C(N)=O)c1ccccc1Sc1ccc(Cl)cc1. The summed E-state index contributed by atoms with van der Waals surface area (Å²) in [5.41, 5.74) is 6.64. The number of primary amides is 1. The van der Waals surface area contributed by atoms with Gasteiger partial charge in [-0.1, -0.05) is 41.6 Å². The molecule has 0 saturated carbocycles. The Hall–Kier alpha value is -1.49. The predicted octanol–water partition coefficient (Wildman–Crippen LogP) is 4.01. The highest BCUT2D eigenvalue weighted by Gasteiger charge is 2.21. The minimum absolute atomic E-state index is 0.281. The zero-order chi connectivity index (χ0) is 16.8. The zero-order valence-corrected chi connectivity index (χ0v) is 14.9. The van der Waals surface area contributed by atoms with Crippen LogP contribution in [-0.4, -0.2) is 31.4 Å². The van der Waals surface area contributed by atoms with Crippen molar-refractivity contribution >= 4 is 29.3 Å². The number of hydrogen-bond donors (Lipinski definition) is 1. The molecule has 0 aliphatic carbocycles. The summed E-state index contributed by atoms with van der Waals surface area (Å²) in [5.74, 6) is -0.565. The summed E-state index contributed by atoms with van der Waals surface area (Å²) >= 11 is 7.56. The van der Waals surface area contributed by atoms with Gasteiger partial charge in [0.25, 0.3) is 0 Å². The molecule has 0 aliphatic heterocycles. The van der Waals surface area contributed by atoms with E-state index >= 15 is 0 Å². The summed E-state index contributed by atoms with van der Waals surface area (Å²) in [6, 6.07) is 15.6. The van der Waals surface area contributed by atoms with Gasteiger partial charge in [0.05, 0.1) is 5.92 Å². The van der Waals surface area contributed by atoms with Crippen LogP contribution in [0.25, 0.3) is 0 Å². The Bertz CT molecular complexity index is 658. The summed E-state index contributed by atoms with van der Waals surface area (Å²) in [4.78, 5) is 16.1. The normalized spacial score (nSPS) is 12.3. The fourth-order valence-electron chi connectivity index (χ4n) is 2.33. The van der Waals surface area contributed by atoms with Crippen LogP contribution in [0.2, 0.25) is 5.02 Å². The largest absolute Gasteiger partial charge is 0.369 e. The molecule has 3 nitrogen and oxygen atoms in total. The standard InChI is InChI=1S/C18H21ClN2OS/c1-21(2)12-11-16(18(20)22)15-5-3-4-6-17(15)23-14-9-7-13(19)8-10-14/h3-10,16H,11-12H2,1-2H3,(H2,20,22). The monoisotopic (exact) mass is 348 g/mol. The van der Waals surface area contributed by atoms with Crippen LogP contribution in [0, 0.1) is 0 Å². The van der Waals surface area contributed by atoms with E-state index in [2.05, 4.69) is 4.90 Å². The Kier molecular flexibility index (Phi) is 6.51. The Morgan fingerprint density at radius 3 is 2.43 bits per heavy atom. The van der Waals surface area contributed by atoms with Crippen molar-refractivity contribution in [2.45, 2.75) is 22.1 Å². The molecule has 0 aliphatic rings. The third-order valence-corrected chi connectivity index (χ3v) is 4.90. The van der Waals surface area contributed by atoms with Gasteiger partial charge in [-0.3, -0.25) is 4.79 Å². The van der Waals surface area contributed by atoms with Crippen LogP contribution >= 0.6 is 23.4 Å². The molecule has 1 amide bonds. The van der Waals surface area contributed by atoms with Crippen molar-refractivity contribution in [2.75, 3.05) is 20.6 Å². The highest BCUT2D eigenvalue weighted by molar-refractivity contribution is 7.99. The molecule has 23 heavy (non-hydrogen) atoms. The van der Waals surface area contributed by atoms with Crippen molar-refractivity contribution in [3.05, 3.63) is 59.1 Å². The first-order valence-corrected chi connectivity index (χ1v) is 8.63. The van der Waals surface area contributed by atoms with E-state index in [0.29, 0.717) is 11.4 Å². The molecule has 2 rings (SSSR count). The quantitative estimate of drug-likeness (QED) is 0.822. The number of halogens is 1. The number of nitrogens with zero attached hydrogens (tertiary/aromatic N) is 1. The first-order chi connectivity index (χ1) is 11.0. The summed E-state index contributed by atoms with van der Waals surface area (Å²) in [5, 5.41) is 0.712. The number of amides is 1. The van der Waals surface area contributed by atoms with Gasteiger partial charge in [0, 0.05) is 14.8 Å². The lowest BCUT2D eigenvalue weighted by molar-refractivity contribution is -0.119. The molecule has 0 fully saturated rings. The summed E-state index contributed by atoms with van der Waals surface area (Å²) in [6.07, 6.45) is 0.709. The van der Waals surface area contributed by atoms with Crippen LogP contribution < -0.4 is 5.73 Å². The van der Waals surface area contributed by atoms with E-state index in [4.69, 9.17) is 17.3 Å². The molecule has 2 aromatic carbocycles. The average molecular weight is 349 g/mol. The van der Waals surface area contributed by atoms with E-state index in [1.807, 2.05) is 62.6 Å². The third kappa shape index (κ3) is 5.27. The minimum atomic E-state index is -0.284. The average Bonchev–Trinajstić information content (AvgIpc) is 2.50. The van der Waals surface area contributed by atoms with Gasteiger partial charge in [-0.15, -0.1) is 0 Å². The Morgan fingerprint density at radius 1 is 1.17 bits per heavy atom. The second-order valence-corrected chi connectivity index (χ2v) is 7.19. The van der Waals surface area contributed by atoms with E-state index in [-0.39, 0.29) is 11.8 Å². The first kappa shape index (κ1) is 17.9. The Balaban J connectivity index is 2.27. The fraction of sp³-hybridized carbons (Fsp3) is 0.278. The van der Waals surface area contributed by atoms with Crippen LogP contribution in [0.4, 0.5) is 0 Å². The van der Waals surface area contributed by atoms with E-state index in [9.17, 15) is 4.79 Å². The lowest BCUT2D eigenvalue weighted by Gasteiger charge is -2.19. The van der Waals surface area contributed by atoms with Gasteiger partial charge in [0.15, 0.2) is 0 Å². The van der Waals surface area contributed by atoms with Crippen LogP contribution in [0.15, 0.2) is 58.3 Å². The first-order valence-electron chi connectivity index (χ1n) is 7.44. The zero-order valence-electron chi connectivity index (χ0n) is 13.3. The van der Waals surface area contributed by atoms with Gasteiger partial charge in [0.2, 0.25) is 5.91 Å². The minimum Gasteiger partial charge on any atom is -0.369 e. The van der Waals surface area contributed by atoms with Gasteiger partial charge < -0.3 is 10.6 Å². The van der Waals surface area contributed by atoms with Gasteiger partial charge in [0.1, 0.15) is 0 Å². The van der Waals surface area contributed by atoms with E-state index in [1.54, 1.807) is 11.8 Å². The molecule has 0 heterocycles. The van der Waals surface area contributed by atoms with Gasteiger partial charge >= 0.3 is 0 Å². The summed E-state index contributed by atoms with van der Waals surface area (Å²) < 4.78 is 0. The Morgan fingerprint density at radius 2 is 1.83 bits per heavy atom. The molecule has 0 radical (unpaired) electrons. The molecule has 122 valence electrons. The van der Waals surface area contributed by atoms with E-state index < -0.39 is 0 Å². The molecule has 2 aromatic rings. The summed E-state index contributed by atoms with van der Waals surface area (Å²) in [7, 11) is 3.98. The van der Waals surface area contributed by atoms with Gasteiger partial charge in [-0.05, 0) is 63.0 Å². The molecule has 2 N–H and O–H groups in total. The molecule has 0 bridgehead atoms. The summed E-state index contributed by atoms with van der Waals surface area (Å²) in [6.45, 7) is 0.813. The molecule has 5 heteroatoms. The molecule has 0 saturated heterocycles. The van der Waals surface area contributed by atoms with Crippen LogP contribution in [-0.2, 0) is 4.79 Å². The second kappa shape index (κ2) is 8.39. The van der Waals surface area contributed by atoms with Crippen LogP contribution in [0.3, 0.4) is 0 Å². The maximum Gasteiger partial charge on any atom is 0.225 e. The number of hydrogen-bond acceptors (Lipinski definition) is 3. The van der Waals surface area contributed by atoms with Gasteiger partial charge in [-0.25, -0.2) is 0 Å². The van der Waals surface area contributed by atoms with Crippen molar-refractivity contribution in [1.82, 2.24) is 4.90 Å².